The summed E-state index contributed by atoms with van der Waals surface area (Å²) >= 11 is 7.66. The van der Waals surface area contributed by atoms with Gasteiger partial charge >= 0.3 is 6.09 Å². The predicted octanol–water partition coefficient (Wildman–Crippen LogP) is 3.79. The zero-order chi connectivity index (χ0) is 17.5. The molecule has 130 valence electrons. The average Bonchev–Trinajstić information content (AvgIpc) is 2.92. The van der Waals surface area contributed by atoms with Crippen LogP contribution in [0, 0.1) is 0 Å². The zero-order valence-electron chi connectivity index (χ0n) is 14.2. The Kier molecular flexibility index (Phi) is 4.57. The van der Waals surface area contributed by atoms with Gasteiger partial charge < -0.3 is 14.5 Å². The van der Waals surface area contributed by atoms with Crippen molar-refractivity contribution in [3.8, 4) is 0 Å². The molecule has 1 aliphatic rings. The summed E-state index contributed by atoms with van der Waals surface area (Å²) in [4.78, 5) is 24.9. The molecule has 6 nitrogen and oxygen atoms in total. The van der Waals surface area contributed by atoms with E-state index in [-0.39, 0.29) is 17.4 Å². The summed E-state index contributed by atoms with van der Waals surface area (Å²) in [5, 5.41) is 2.23. The maximum absolute atomic E-state index is 12.3. The predicted molar refractivity (Wildman–Crippen MR) is 97.0 cm³/mol. The van der Waals surface area contributed by atoms with Crippen molar-refractivity contribution in [1.29, 1.82) is 0 Å². The number of piperazine rings is 1. The van der Waals surface area contributed by atoms with Crippen molar-refractivity contribution in [2.45, 2.75) is 39.3 Å². The van der Waals surface area contributed by atoms with Gasteiger partial charge in [0.2, 0.25) is 5.28 Å². The highest BCUT2D eigenvalue weighted by molar-refractivity contribution is 7.17. The Morgan fingerprint density at radius 1 is 1.38 bits per heavy atom. The monoisotopic (exact) mass is 368 g/mol. The van der Waals surface area contributed by atoms with Crippen molar-refractivity contribution in [1.82, 2.24) is 14.9 Å². The second kappa shape index (κ2) is 6.37. The number of halogens is 1. The molecule has 24 heavy (non-hydrogen) atoms. The van der Waals surface area contributed by atoms with E-state index in [1.807, 2.05) is 39.1 Å². The van der Waals surface area contributed by atoms with Crippen LogP contribution in [0.4, 0.5) is 10.6 Å². The molecule has 0 radical (unpaired) electrons. The molecule has 2 aromatic heterocycles. The molecular formula is C16H21ClN4O2S. The zero-order valence-corrected chi connectivity index (χ0v) is 15.8. The molecule has 1 atom stereocenters. The second-order valence-corrected chi connectivity index (χ2v) is 8.17. The van der Waals surface area contributed by atoms with Crippen LogP contribution in [0.1, 0.15) is 27.7 Å². The van der Waals surface area contributed by atoms with Crippen molar-refractivity contribution < 1.29 is 9.53 Å². The fourth-order valence-corrected chi connectivity index (χ4v) is 3.80. The second-order valence-electron chi connectivity index (χ2n) is 6.92. The lowest BCUT2D eigenvalue weighted by molar-refractivity contribution is 0.0159. The van der Waals surface area contributed by atoms with E-state index in [9.17, 15) is 4.79 Å². The molecular weight excluding hydrogens is 348 g/mol. The van der Waals surface area contributed by atoms with Crippen LogP contribution in [0.2, 0.25) is 5.28 Å². The molecule has 0 aromatic carbocycles. The Bertz CT molecular complexity index is 758. The molecule has 0 spiro atoms. The number of carbonyl (C=O) groups excluding carboxylic acids is 1. The Labute approximate surface area is 150 Å². The number of fused-ring (bicyclic) bond motifs is 1. The van der Waals surface area contributed by atoms with Crippen molar-refractivity contribution in [3.63, 3.8) is 0 Å². The number of hydrogen-bond acceptors (Lipinski definition) is 6. The molecule has 2 aromatic rings. The third kappa shape index (κ3) is 3.57. The summed E-state index contributed by atoms with van der Waals surface area (Å²) in [5.74, 6) is 0.843. The molecule has 8 heteroatoms. The first-order valence-electron chi connectivity index (χ1n) is 7.90. The molecule has 1 aliphatic heterocycles. The molecule has 0 saturated carbocycles. The fourth-order valence-electron chi connectivity index (χ4n) is 2.78. The van der Waals surface area contributed by atoms with E-state index in [4.69, 9.17) is 16.3 Å². The van der Waals surface area contributed by atoms with E-state index in [0.29, 0.717) is 19.6 Å². The summed E-state index contributed by atoms with van der Waals surface area (Å²) in [6, 6.07) is 1.97. The Morgan fingerprint density at radius 2 is 2.12 bits per heavy atom. The number of thiophene rings is 1. The lowest BCUT2D eigenvalue weighted by atomic mass is 10.2. The number of carbonyl (C=O) groups is 1. The molecule has 1 saturated heterocycles. The molecule has 0 unspecified atom stereocenters. The molecule has 1 fully saturated rings. The fraction of sp³-hybridized carbons (Fsp3) is 0.562. The number of rotatable bonds is 1. The van der Waals surface area contributed by atoms with Crippen molar-refractivity contribution in [3.05, 3.63) is 16.7 Å². The van der Waals surface area contributed by atoms with E-state index < -0.39 is 5.60 Å². The van der Waals surface area contributed by atoms with Gasteiger partial charge in [-0.05, 0) is 50.7 Å². The molecule has 0 aliphatic carbocycles. The van der Waals surface area contributed by atoms with Crippen LogP contribution in [0.5, 0.6) is 0 Å². The summed E-state index contributed by atoms with van der Waals surface area (Å²) in [7, 11) is 0. The first kappa shape index (κ1) is 17.2. The smallest absolute Gasteiger partial charge is 0.410 e. The van der Waals surface area contributed by atoms with E-state index in [2.05, 4.69) is 14.9 Å². The van der Waals surface area contributed by atoms with Gasteiger partial charge in [-0.15, -0.1) is 11.3 Å². The number of aromatic nitrogens is 2. The van der Waals surface area contributed by atoms with Crippen molar-refractivity contribution >= 4 is 45.1 Å². The van der Waals surface area contributed by atoms with Crippen LogP contribution in [0.15, 0.2) is 11.4 Å². The van der Waals surface area contributed by atoms with Gasteiger partial charge in [0.15, 0.2) is 5.82 Å². The van der Waals surface area contributed by atoms with E-state index in [0.717, 1.165) is 16.0 Å². The van der Waals surface area contributed by atoms with Gasteiger partial charge in [-0.25, -0.2) is 9.78 Å². The molecule has 0 N–H and O–H groups in total. The minimum atomic E-state index is -0.489. The van der Waals surface area contributed by atoms with Gasteiger partial charge in [-0.2, -0.15) is 4.98 Å². The summed E-state index contributed by atoms with van der Waals surface area (Å²) in [6.07, 6.45) is -0.267. The van der Waals surface area contributed by atoms with Crippen LogP contribution >= 0.6 is 22.9 Å². The minimum absolute atomic E-state index is 0.0253. The summed E-state index contributed by atoms with van der Waals surface area (Å²) in [5.41, 5.74) is 0.370. The Hall–Kier alpha value is -1.60. The quantitative estimate of drug-likeness (QED) is 0.717. The lowest BCUT2D eigenvalue weighted by Gasteiger charge is -2.40. The van der Waals surface area contributed by atoms with Crippen LogP contribution < -0.4 is 4.90 Å². The maximum Gasteiger partial charge on any atom is 0.410 e. The third-order valence-corrected chi connectivity index (χ3v) is 4.88. The van der Waals surface area contributed by atoms with E-state index >= 15 is 0 Å². The van der Waals surface area contributed by atoms with E-state index in [1.54, 1.807) is 16.2 Å². The van der Waals surface area contributed by atoms with Gasteiger partial charge in [0.05, 0.1) is 10.2 Å². The first-order valence-corrected chi connectivity index (χ1v) is 9.15. The maximum atomic E-state index is 12.3. The third-order valence-electron chi connectivity index (χ3n) is 3.81. The highest BCUT2D eigenvalue weighted by Crippen LogP contribution is 2.31. The minimum Gasteiger partial charge on any atom is -0.444 e. The molecule has 1 amide bonds. The summed E-state index contributed by atoms with van der Waals surface area (Å²) < 4.78 is 6.51. The van der Waals surface area contributed by atoms with Crippen LogP contribution in [-0.2, 0) is 4.74 Å². The van der Waals surface area contributed by atoms with Crippen LogP contribution in [0.3, 0.4) is 0 Å². The number of amides is 1. The molecule has 3 heterocycles. The Morgan fingerprint density at radius 3 is 2.79 bits per heavy atom. The van der Waals surface area contributed by atoms with Gasteiger partial charge in [0, 0.05) is 25.7 Å². The first-order chi connectivity index (χ1) is 11.2. The van der Waals surface area contributed by atoms with Gasteiger partial charge in [-0.3, -0.25) is 0 Å². The molecule has 3 rings (SSSR count). The topological polar surface area (TPSA) is 58.6 Å². The largest absolute Gasteiger partial charge is 0.444 e. The standard InChI is InChI=1S/C16H21ClN4O2S/c1-10-9-20(6-7-21(10)15(22)23-16(2,3)4)13-12-11(5-8-24-12)18-14(17)19-13/h5,8,10H,6-7,9H2,1-4H3/t10-/m0/s1. The van der Waals surface area contributed by atoms with Gasteiger partial charge in [0.1, 0.15) is 5.60 Å². The normalized spacial score (nSPS) is 19.0. The number of hydrogen-bond donors (Lipinski definition) is 0. The van der Waals surface area contributed by atoms with Crippen LogP contribution in [0.25, 0.3) is 10.2 Å². The molecule has 0 bridgehead atoms. The lowest BCUT2D eigenvalue weighted by Crippen LogP contribution is -2.55. The average molecular weight is 369 g/mol. The number of nitrogens with zero attached hydrogens (tertiary/aromatic N) is 4. The van der Waals surface area contributed by atoms with Gasteiger partial charge in [-0.1, -0.05) is 0 Å². The van der Waals surface area contributed by atoms with Crippen molar-refractivity contribution in [2.24, 2.45) is 0 Å². The Balaban J connectivity index is 1.78. The summed E-state index contributed by atoms with van der Waals surface area (Å²) in [6.45, 7) is 9.60. The van der Waals surface area contributed by atoms with Gasteiger partial charge in [0.25, 0.3) is 0 Å². The van der Waals surface area contributed by atoms with Crippen molar-refractivity contribution in [2.75, 3.05) is 24.5 Å². The SMILES string of the molecule is C[C@H]1CN(c2nc(Cl)nc3ccsc23)CCN1C(=O)OC(C)(C)C. The van der Waals surface area contributed by atoms with E-state index in [1.165, 1.54) is 0 Å². The number of anilines is 1. The number of ether oxygens (including phenoxy) is 1. The highest BCUT2D eigenvalue weighted by atomic mass is 35.5. The highest BCUT2D eigenvalue weighted by Gasteiger charge is 2.32. The van der Waals surface area contributed by atoms with Crippen LogP contribution in [-0.4, -0.2) is 52.2 Å².